The standard InChI is InChI=1S/C9H13F2NO2/c10-9(11)3-4-1-2-5(9)7(12)6(4)8(13)14/h4-7H,1-3,12H2,(H,13,14)/t4-,5-,6-,7-/m0/s1. The van der Waals surface area contributed by atoms with E-state index in [-0.39, 0.29) is 6.42 Å². The lowest BCUT2D eigenvalue weighted by atomic mass is 9.60. The molecule has 0 heterocycles. The van der Waals surface area contributed by atoms with Gasteiger partial charge in [-0.25, -0.2) is 8.78 Å². The van der Waals surface area contributed by atoms with E-state index in [1.807, 2.05) is 0 Å². The number of carboxylic acids is 1. The fourth-order valence-electron chi connectivity index (χ4n) is 2.92. The van der Waals surface area contributed by atoms with Crippen LogP contribution in [0.1, 0.15) is 19.3 Å². The highest BCUT2D eigenvalue weighted by molar-refractivity contribution is 5.72. The molecule has 80 valence electrons. The van der Waals surface area contributed by atoms with Crippen LogP contribution in [0.25, 0.3) is 0 Å². The van der Waals surface area contributed by atoms with Crippen molar-refractivity contribution in [1.29, 1.82) is 0 Å². The Morgan fingerprint density at radius 3 is 2.50 bits per heavy atom. The van der Waals surface area contributed by atoms with Gasteiger partial charge in [0.25, 0.3) is 5.92 Å². The molecule has 14 heavy (non-hydrogen) atoms. The van der Waals surface area contributed by atoms with Crippen molar-refractivity contribution in [2.75, 3.05) is 0 Å². The summed E-state index contributed by atoms with van der Waals surface area (Å²) >= 11 is 0. The smallest absolute Gasteiger partial charge is 0.308 e. The van der Waals surface area contributed by atoms with Crippen LogP contribution in [0.2, 0.25) is 0 Å². The Morgan fingerprint density at radius 2 is 2.07 bits per heavy atom. The van der Waals surface area contributed by atoms with Gasteiger partial charge < -0.3 is 10.8 Å². The number of alkyl halides is 2. The summed E-state index contributed by atoms with van der Waals surface area (Å²) < 4.78 is 26.6. The minimum Gasteiger partial charge on any atom is -0.481 e. The molecule has 3 aliphatic rings. The van der Waals surface area contributed by atoms with Crippen molar-refractivity contribution < 1.29 is 18.7 Å². The highest BCUT2D eigenvalue weighted by Crippen LogP contribution is 2.52. The third kappa shape index (κ3) is 1.22. The van der Waals surface area contributed by atoms with Crippen LogP contribution in [-0.2, 0) is 4.79 Å². The van der Waals surface area contributed by atoms with Crippen molar-refractivity contribution >= 4 is 5.97 Å². The summed E-state index contributed by atoms with van der Waals surface area (Å²) in [4.78, 5) is 10.8. The largest absolute Gasteiger partial charge is 0.481 e. The van der Waals surface area contributed by atoms with Gasteiger partial charge in [0.1, 0.15) is 0 Å². The third-order valence-corrected chi connectivity index (χ3v) is 3.60. The molecule has 0 aromatic heterocycles. The molecule has 0 spiro atoms. The Hall–Kier alpha value is -0.710. The van der Waals surface area contributed by atoms with Gasteiger partial charge in [0.05, 0.1) is 5.92 Å². The van der Waals surface area contributed by atoms with E-state index in [1.165, 1.54) is 0 Å². The van der Waals surface area contributed by atoms with Gasteiger partial charge in [0, 0.05) is 18.4 Å². The van der Waals surface area contributed by atoms with E-state index in [0.29, 0.717) is 12.8 Å². The second-order valence-corrected chi connectivity index (χ2v) is 4.35. The van der Waals surface area contributed by atoms with Gasteiger partial charge in [-0.15, -0.1) is 0 Å². The monoisotopic (exact) mass is 205 g/mol. The SMILES string of the molecule is N[C@@H]1[C@@H](C(=O)O)[C@H]2CC[C@@H]1C(F)(F)C2. The molecular formula is C9H13F2NO2. The molecule has 0 aromatic rings. The summed E-state index contributed by atoms with van der Waals surface area (Å²) in [5, 5.41) is 8.88. The second-order valence-electron chi connectivity index (χ2n) is 4.35. The summed E-state index contributed by atoms with van der Waals surface area (Å²) in [7, 11) is 0. The van der Waals surface area contributed by atoms with E-state index in [9.17, 15) is 13.6 Å². The van der Waals surface area contributed by atoms with Gasteiger partial charge in [-0.05, 0) is 18.8 Å². The van der Waals surface area contributed by atoms with Crippen molar-refractivity contribution in [1.82, 2.24) is 0 Å². The number of aliphatic carboxylic acids is 1. The first kappa shape index (κ1) is 9.83. The van der Waals surface area contributed by atoms with E-state index >= 15 is 0 Å². The number of carboxylic acid groups (broad SMARTS) is 1. The van der Waals surface area contributed by atoms with Gasteiger partial charge in [-0.3, -0.25) is 4.79 Å². The summed E-state index contributed by atoms with van der Waals surface area (Å²) in [6.45, 7) is 0. The topological polar surface area (TPSA) is 63.3 Å². The second kappa shape index (κ2) is 2.89. The van der Waals surface area contributed by atoms with Crippen molar-refractivity contribution in [3.8, 4) is 0 Å². The number of nitrogens with two attached hydrogens (primary N) is 1. The molecular weight excluding hydrogens is 192 g/mol. The Labute approximate surface area is 80.3 Å². The number of halogens is 2. The fourth-order valence-corrected chi connectivity index (χ4v) is 2.92. The van der Waals surface area contributed by atoms with Crippen LogP contribution in [0, 0.1) is 17.8 Å². The minimum absolute atomic E-state index is 0.303. The molecule has 3 fully saturated rings. The van der Waals surface area contributed by atoms with E-state index in [1.54, 1.807) is 0 Å². The van der Waals surface area contributed by atoms with Gasteiger partial charge in [-0.1, -0.05) is 0 Å². The summed E-state index contributed by atoms with van der Waals surface area (Å²) in [6, 6.07) is -0.880. The molecule has 0 amide bonds. The lowest BCUT2D eigenvalue weighted by Gasteiger charge is -2.49. The molecule has 3 saturated carbocycles. The predicted octanol–water partition coefficient (Wildman–Crippen LogP) is 1.08. The zero-order valence-corrected chi connectivity index (χ0v) is 7.62. The highest BCUT2D eigenvalue weighted by Gasteiger charge is 2.58. The molecule has 4 atom stereocenters. The predicted molar refractivity (Wildman–Crippen MR) is 44.9 cm³/mol. The zero-order valence-electron chi connectivity index (χ0n) is 7.62. The van der Waals surface area contributed by atoms with Crippen LogP contribution < -0.4 is 5.73 Å². The molecule has 0 unspecified atom stereocenters. The molecule has 2 bridgehead atoms. The number of carbonyl (C=O) groups is 1. The van der Waals surface area contributed by atoms with E-state index < -0.39 is 35.7 Å². The average Bonchev–Trinajstić information content (AvgIpc) is 2.00. The molecule has 0 saturated heterocycles. The molecule has 5 heteroatoms. The van der Waals surface area contributed by atoms with Gasteiger partial charge in [0.2, 0.25) is 0 Å². The zero-order chi connectivity index (χ0) is 10.5. The Kier molecular flexibility index (Phi) is 2.03. The molecule has 0 aromatic carbocycles. The maximum Gasteiger partial charge on any atom is 0.308 e. The van der Waals surface area contributed by atoms with Crippen LogP contribution in [0.5, 0.6) is 0 Å². The number of hydrogen-bond donors (Lipinski definition) is 2. The maximum absolute atomic E-state index is 13.3. The molecule has 3 nitrogen and oxygen atoms in total. The van der Waals surface area contributed by atoms with Crippen molar-refractivity contribution in [2.24, 2.45) is 23.5 Å². The maximum atomic E-state index is 13.3. The molecule has 0 radical (unpaired) electrons. The Bertz CT molecular complexity index is 268. The van der Waals surface area contributed by atoms with Gasteiger partial charge in [-0.2, -0.15) is 0 Å². The van der Waals surface area contributed by atoms with Crippen LogP contribution in [-0.4, -0.2) is 23.0 Å². The van der Waals surface area contributed by atoms with Gasteiger partial charge in [0.15, 0.2) is 0 Å². The number of hydrogen-bond acceptors (Lipinski definition) is 2. The lowest BCUT2D eigenvalue weighted by Crippen LogP contribution is -2.60. The first-order valence-corrected chi connectivity index (χ1v) is 4.79. The number of fused-ring (bicyclic) bond motifs is 3. The van der Waals surface area contributed by atoms with Crippen LogP contribution in [0.3, 0.4) is 0 Å². The minimum atomic E-state index is -2.76. The lowest BCUT2D eigenvalue weighted by molar-refractivity contribution is -0.177. The Morgan fingerprint density at radius 1 is 1.43 bits per heavy atom. The van der Waals surface area contributed by atoms with Crippen molar-refractivity contribution in [3.63, 3.8) is 0 Å². The third-order valence-electron chi connectivity index (χ3n) is 3.60. The van der Waals surface area contributed by atoms with E-state index in [0.717, 1.165) is 0 Å². The molecule has 3 aliphatic carbocycles. The van der Waals surface area contributed by atoms with Crippen LogP contribution >= 0.6 is 0 Å². The Balaban J connectivity index is 2.27. The molecule has 0 aliphatic heterocycles. The molecule has 3 N–H and O–H groups in total. The molecule has 3 rings (SSSR count). The summed E-state index contributed by atoms with van der Waals surface area (Å²) in [6.07, 6.45) is 0.635. The summed E-state index contributed by atoms with van der Waals surface area (Å²) in [5.74, 6) is -5.93. The quantitative estimate of drug-likeness (QED) is 0.673. The van der Waals surface area contributed by atoms with E-state index in [4.69, 9.17) is 10.8 Å². The van der Waals surface area contributed by atoms with Crippen LogP contribution in [0.15, 0.2) is 0 Å². The summed E-state index contributed by atoms with van der Waals surface area (Å²) in [5.41, 5.74) is 5.58. The normalized spacial score (nSPS) is 45.1. The first-order valence-electron chi connectivity index (χ1n) is 4.79. The van der Waals surface area contributed by atoms with E-state index in [2.05, 4.69) is 0 Å². The van der Waals surface area contributed by atoms with Crippen molar-refractivity contribution in [2.45, 2.75) is 31.2 Å². The van der Waals surface area contributed by atoms with Gasteiger partial charge >= 0.3 is 5.97 Å². The van der Waals surface area contributed by atoms with Crippen molar-refractivity contribution in [3.05, 3.63) is 0 Å². The van der Waals surface area contributed by atoms with Crippen LogP contribution in [0.4, 0.5) is 8.78 Å². The fraction of sp³-hybridized carbons (Fsp3) is 0.889. The average molecular weight is 205 g/mol. The number of rotatable bonds is 1. The highest BCUT2D eigenvalue weighted by atomic mass is 19.3. The first-order chi connectivity index (χ1) is 6.43.